The summed E-state index contributed by atoms with van der Waals surface area (Å²) < 4.78 is 0. The van der Waals surface area contributed by atoms with Crippen LogP contribution in [-0.4, -0.2) is 28.6 Å². The third kappa shape index (κ3) is 4.43. The molecule has 0 amide bonds. The van der Waals surface area contributed by atoms with E-state index in [0.717, 1.165) is 12.4 Å². The Bertz CT molecular complexity index is 400. The monoisotopic (exact) mass is 264 g/mol. The van der Waals surface area contributed by atoms with E-state index >= 15 is 0 Å². The second-order valence-corrected chi connectivity index (χ2v) is 4.88. The average Bonchev–Trinajstić information content (AvgIpc) is 2.42. The third-order valence-corrected chi connectivity index (χ3v) is 3.07. The molecule has 0 atom stereocenters. The topological polar surface area (TPSA) is 74.7 Å². The molecular formula is C14H24N4O. The zero-order chi connectivity index (χ0) is 14.3. The van der Waals surface area contributed by atoms with Crippen LogP contribution in [0.5, 0.6) is 0 Å². The fourth-order valence-corrected chi connectivity index (χ4v) is 1.93. The lowest BCUT2D eigenvalue weighted by Crippen LogP contribution is -2.32. The zero-order valence-electron chi connectivity index (χ0n) is 12.0. The van der Waals surface area contributed by atoms with E-state index in [1.54, 1.807) is 6.20 Å². The molecule has 0 fully saturated rings. The summed E-state index contributed by atoms with van der Waals surface area (Å²) in [5.74, 6) is 1.02. The van der Waals surface area contributed by atoms with Crippen LogP contribution >= 0.6 is 0 Å². The molecule has 0 aliphatic carbocycles. The average molecular weight is 264 g/mol. The molecule has 0 saturated carbocycles. The van der Waals surface area contributed by atoms with Crippen molar-refractivity contribution in [2.24, 2.45) is 10.9 Å². The molecule has 0 aliphatic heterocycles. The molecule has 3 N–H and O–H groups in total. The van der Waals surface area contributed by atoms with Crippen molar-refractivity contribution in [3.8, 4) is 0 Å². The lowest BCUT2D eigenvalue weighted by molar-refractivity contribution is 0.318. The lowest BCUT2D eigenvalue weighted by Gasteiger charge is -2.28. The summed E-state index contributed by atoms with van der Waals surface area (Å²) in [4.78, 5) is 6.67. The largest absolute Gasteiger partial charge is 0.409 e. The Kier molecular flexibility index (Phi) is 6.12. The highest BCUT2D eigenvalue weighted by Crippen LogP contribution is 2.15. The Morgan fingerprint density at radius 2 is 2.16 bits per heavy atom. The molecule has 5 heteroatoms. The summed E-state index contributed by atoms with van der Waals surface area (Å²) in [6, 6.07) is 4.14. The minimum Gasteiger partial charge on any atom is -0.409 e. The molecule has 0 unspecified atom stereocenters. The first-order valence-electron chi connectivity index (χ1n) is 6.80. The number of hydrogen-bond donors (Lipinski definition) is 2. The number of nitrogens with two attached hydrogens (primary N) is 1. The van der Waals surface area contributed by atoms with Gasteiger partial charge in [0, 0.05) is 24.3 Å². The standard InChI is InChI=1S/C14H24N4O/c1-4-5-6-9-18(11(2)3)13-8-7-12(10-16-13)14(15)17-19/h7-8,10-11,19H,4-6,9H2,1-3H3,(H2,15,17). The van der Waals surface area contributed by atoms with E-state index in [4.69, 9.17) is 10.9 Å². The summed E-state index contributed by atoms with van der Waals surface area (Å²) in [5.41, 5.74) is 6.15. The van der Waals surface area contributed by atoms with Crippen molar-refractivity contribution >= 4 is 11.7 Å². The van der Waals surface area contributed by atoms with Crippen LogP contribution in [-0.2, 0) is 0 Å². The van der Waals surface area contributed by atoms with Gasteiger partial charge in [0.1, 0.15) is 5.82 Å². The van der Waals surface area contributed by atoms with E-state index in [2.05, 4.69) is 35.8 Å². The first kappa shape index (κ1) is 15.3. The van der Waals surface area contributed by atoms with Crippen molar-refractivity contribution < 1.29 is 5.21 Å². The van der Waals surface area contributed by atoms with Gasteiger partial charge >= 0.3 is 0 Å². The predicted molar refractivity (Wildman–Crippen MR) is 78.8 cm³/mol. The molecular weight excluding hydrogens is 240 g/mol. The van der Waals surface area contributed by atoms with Gasteiger partial charge in [0.15, 0.2) is 5.84 Å². The van der Waals surface area contributed by atoms with Crippen LogP contribution in [0.2, 0.25) is 0 Å². The SMILES string of the molecule is CCCCCN(c1ccc(C(N)=NO)cn1)C(C)C. The minimum atomic E-state index is 0.0844. The maximum absolute atomic E-state index is 8.62. The number of oxime groups is 1. The maximum Gasteiger partial charge on any atom is 0.171 e. The highest BCUT2D eigenvalue weighted by molar-refractivity contribution is 5.96. The van der Waals surface area contributed by atoms with E-state index in [0.29, 0.717) is 11.6 Å². The number of hydrogen-bond acceptors (Lipinski definition) is 4. The molecule has 1 rings (SSSR count). The van der Waals surface area contributed by atoms with E-state index in [1.807, 2.05) is 12.1 Å². The maximum atomic E-state index is 8.62. The Hall–Kier alpha value is -1.78. The number of rotatable bonds is 7. The Morgan fingerprint density at radius 3 is 2.63 bits per heavy atom. The van der Waals surface area contributed by atoms with Crippen molar-refractivity contribution in [2.45, 2.75) is 46.1 Å². The van der Waals surface area contributed by atoms with Gasteiger partial charge in [-0.15, -0.1) is 0 Å². The van der Waals surface area contributed by atoms with Gasteiger partial charge in [-0.2, -0.15) is 0 Å². The Morgan fingerprint density at radius 1 is 1.42 bits per heavy atom. The zero-order valence-corrected chi connectivity index (χ0v) is 12.0. The van der Waals surface area contributed by atoms with Crippen molar-refractivity contribution in [1.29, 1.82) is 0 Å². The minimum absolute atomic E-state index is 0.0844. The fraction of sp³-hybridized carbons (Fsp3) is 0.571. The van der Waals surface area contributed by atoms with Gasteiger partial charge in [0.25, 0.3) is 0 Å². The van der Waals surface area contributed by atoms with Crippen molar-refractivity contribution in [2.75, 3.05) is 11.4 Å². The molecule has 19 heavy (non-hydrogen) atoms. The second-order valence-electron chi connectivity index (χ2n) is 4.88. The van der Waals surface area contributed by atoms with Crippen molar-refractivity contribution in [1.82, 2.24) is 4.98 Å². The summed E-state index contributed by atoms with van der Waals surface area (Å²) in [6.07, 6.45) is 5.24. The first-order chi connectivity index (χ1) is 9.10. The van der Waals surface area contributed by atoms with Crippen LogP contribution in [0.25, 0.3) is 0 Å². The van der Waals surface area contributed by atoms with Gasteiger partial charge in [0.2, 0.25) is 0 Å². The van der Waals surface area contributed by atoms with Gasteiger partial charge in [0.05, 0.1) is 0 Å². The van der Waals surface area contributed by atoms with Crippen LogP contribution in [0.3, 0.4) is 0 Å². The number of nitrogens with zero attached hydrogens (tertiary/aromatic N) is 3. The molecule has 5 nitrogen and oxygen atoms in total. The molecule has 0 bridgehead atoms. The number of amidine groups is 1. The van der Waals surface area contributed by atoms with E-state index in [1.165, 1.54) is 19.3 Å². The summed E-state index contributed by atoms with van der Waals surface area (Å²) in [5, 5.41) is 11.6. The van der Waals surface area contributed by atoms with Crippen LogP contribution in [0.1, 0.15) is 45.6 Å². The number of aromatic nitrogens is 1. The molecule has 0 saturated heterocycles. The number of pyridine rings is 1. The molecule has 0 spiro atoms. The van der Waals surface area contributed by atoms with Crippen LogP contribution in [0.4, 0.5) is 5.82 Å². The normalized spacial score (nSPS) is 11.9. The van der Waals surface area contributed by atoms with Gasteiger partial charge in [-0.1, -0.05) is 24.9 Å². The van der Waals surface area contributed by atoms with Crippen molar-refractivity contribution in [3.63, 3.8) is 0 Å². The van der Waals surface area contributed by atoms with Gasteiger partial charge in [-0.3, -0.25) is 0 Å². The Labute approximate surface area is 115 Å². The van der Waals surface area contributed by atoms with Gasteiger partial charge in [-0.05, 0) is 32.4 Å². The van der Waals surface area contributed by atoms with E-state index < -0.39 is 0 Å². The van der Waals surface area contributed by atoms with Crippen LogP contribution in [0, 0.1) is 0 Å². The molecule has 1 aromatic rings. The molecule has 1 heterocycles. The van der Waals surface area contributed by atoms with E-state index in [9.17, 15) is 0 Å². The molecule has 106 valence electrons. The van der Waals surface area contributed by atoms with Gasteiger partial charge < -0.3 is 15.8 Å². The van der Waals surface area contributed by atoms with Gasteiger partial charge in [-0.25, -0.2) is 4.98 Å². The van der Waals surface area contributed by atoms with Crippen LogP contribution in [0.15, 0.2) is 23.5 Å². The van der Waals surface area contributed by atoms with E-state index in [-0.39, 0.29) is 5.84 Å². The molecule has 1 aromatic heterocycles. The lowest BCUT2D eigenvalue weighted by atomic mass is 10.2. The second kappa shape index (κ2) is 7.61. The highest BCUT2D eigenvalue weighted by atomic mass is 16.4. The molecule has 0 aliphatic rings. The number of anilines is 1. The first-order valence-corrected chi connectivity index (χ1v) is 6.80. The third-order valence-electron chi connectivity index (χ3n) is 3.07. The van der Waals surface area contributed by atoms with Crippen molar-refractivity contribution in [3.05, 3.63) is 23.9 Å². The number of unbranched alkanes of at least 4 members (excludes halogenated alkanes) is 2. The fourth-order valence-electron chi connectivity index (χ4n) is 1.93. The quantitative estimate of drug-likeness (QED) is 0.261. The van der Waals surface area contributed by atoms with Crippen LogP contribution < -0.4 is 10.6 Å². The smallest absolute Gasteiger partial charge is 0.171 e. The highest BCUT2D eigenvalue weighted by Gasteiger charge is 2.11. The predicted octanol–water partition coefficient (Wildman–Crippen LogP) is 2.58. The summed E-state index contributed by atoms with van der Waals surface area (Å²) in [7, 11) is 0. The molecule has 0 aromatic carbocycles. The Balaban J connectivity index is 2.79. The summed E-state index contributed by atoms with van der Waals surface area (Å²) >= 11 is 0. The summed E-state index contributed by atoms with van der Waals surface area (Å²) in [6.45, 7) is 7.52. The molecule has 0 radical (unpaired) electrons.